The van der Waals surface area contributed by atoms with Gasteiger partial charge in [0, 0.05) is 45.3 Å². The highest BCUT2D eigenvalue weighted by Gasteiger charge is 2.46. The lowest BCUT2D eigenvalue weighted by Crippen LogP contribution is -2.62. The fourth-order valence-corrected chi connectivity index (χ4v) is 9.21. The molecule has 0 aliphatic carbocycles. The van der Waals surface area contributed by atoms with Gasteiger partial charge in [-0.25, -0.2) is 4.79 Å². The van der Waals surface area contributed by atoms with E-state index in [1.165, 1.54) is 14.7 Å². The number of hydrogen-bond acceptors (Lipinski definition) is 9. The molecule has 5 heterocycles. The van der Waals surface area contributed by atoms with Crippen LogP contribution in [0.25, 0.3) is 0 Å². The SMILES string of the molecule is C[C@@H]1C[C@H]2C(=O)OC[C@H](NC(=O)[C@H](Cc3ccccc3)NC(=O)Cc3ccc4c(c3)CCN4C)C(=O)N3CCC[C@H]3C(=O)N3CCCC[C@H]3C(=O)N[C@@H](C)C(=O)N2C1. The molecule has 3 N–H and O–H groups in total. The molecular weight excluding hydrogens is 743 g/mol. The average molecular weight is 798 g/mol. The Balaban J connectivity index is 1.16. The van der Waals surface area contributed by atoms with Crippen molar-refractivity contribution in [2.24, 2.45) is 5.92 Å². The lowest BCUT2D eigenvalue weighted by molar-refractivity contribution is -0.158. The van der Waals surface area contributed by atoms with Gasteiger partial charge in [-0.2, -0.15) is 0 Å². The molecule has 7 rings (SSSR count). The molecule has 0 saturated carbocycles. The second-order valence-electron chi connectivity index (χ2n) is 16.6. The molecule has 0 unspecified atom stereocenters. The van der Waals surface area contributed by atoms with Crippen LogP contribution >= 0.6 is 0 Å². The lowest BCUT2D eigenvalue weighted by Gasteiger charge is -2.39. The summed E-state index contributed by atoms with van der Waals surface area (Å²) in [6, 6.07) is 8.96. The van der Waals surface area contributed by atoms with Gasteiger partial charge in [0.2, 0.25) is 35.4 Å². The predicted molar refractivity (Wildman–Crippen MR) is 213 cm³/mol. The Morgan fingerprint density at radius 1 is 0.828 bits per heavy atom. The molecule has 4 fully saturated rings. The van der Waals surface area contributed by atoms with Crippen LogP contribution in [-0.2, 0) is 57.6 Å². The van der Waals surface area contributed by atoms with Gasteiger partial charge in [0.25, 0.3) is 0 Å². The first-order valence-corrected chi connectivity index (χ1v) is 20.7. The molecule has 2 aromatic rings. The Morgan fingerprint density at radius 3 is 2.36 bits per heavy atom. The molecule has 5 aliphatic heterocycles. The zero-order valence-electron chi connectivity index (χ0n) is 33.6. The summed E-state index contributed by atoms with van der Waals surface area (Å²) in [6.07, 6.45) is 4.03. The molecule has 4 saturated heterocycles. The number of carbonyl (C=O) groups is 7. The van der Waals surface area contributed by atoms with Crippen molar-refractivity contribution in [3.05, 3.63) is 65.2 Å². The maximum atomic E-state index is 14.6. The molecule has 0 aromatic heterocycles. The number of cyclic esters (lactones) is 1. The van der Waals surface area contributed by atoms with Crippen LogP contribution in [0.2, 0.25) is 0 Å². The van der Waals surface area contributed by atoms with Gasteiger partial charge in [-0.3, -0.25) is 28.8 Å². The highest BCUT2D eigenvalue weighted by atomic mass is 16.5. The van der Waals surface area contributed by atoms with Gasteiger partial charge in [0.1, 0.15) is 42.9 Å². The maximum absolute atomic E-state index is 14.6. The molecule has 0 spiro atoms. The third kappa shape index (κ3) is 8.82. The van der Waals surface area contributed by atoms with Gasteiger partial charge in [-0.15, -0.1) is 0 Å². The minimum Gasteiger partial charge on any atom is -0.461 e. The van der Waals surface area contributed by atoms with E-state index in [9.17, 15) is 33.6 Å². The van der Waals surface area contributed by atoms with Gasteiger partial charge in [0.05, 0.1) is 6.42 Å². The summed E-state index contributed by atoms with van der Waals surface area (Å²) in [7, 11) is 2.03. The minimum atomic E-state index is -1.41. The van der Waals surface area contributed by atoms with E-state index in [2.05, 4.69) is 20.9 Å². The second-order valence-corrected chi connectivity index (χ2v) is 16.6. The van der Waals surface area contributed by atoms with Crippen molar-refractivity contribution < 1.29 is 38.3 Å². The Morgan fingerprint density at radius 2 is 1.57 bits per heavy atom. The molecule has 5 aliphatic rings. The van der Waals surface area contributed by atoms with Crippen LogP contribution in [-0.4, -0.2) is 132 Å². The second kappa shape index (κ2) is 17.6. The van der Waals surface area contributed by atoms with Crippen LogP contribution in [0.4, 0.5) is 5.69 Å². The number of nitrogens with zero attached hydrogens (tertiary/aromatic N) is 4. The number of rotatable bonds is 7. The quantitative estimate of drug-likeness (QED) is 0.347. The number of anilines is 1. The minimum absolute atomic E-state index is 0.0380. The first-order chi connectivity index (χ1) is 27.9. The Labute approximate surface area is 339 Å². The van der Waals surface area contributed by atoms with Crippen LogP contribution in [0.3, 0.4) is 0 Å². The van der Waals surface area contributed by atoms with Crippen LogP contribution in [0.1, 0.15) is 69.1 Å². The molecule has 2 aromatic carbocycles. The first kappa shape index (κ1) is 40.7. The summed E-state index contributed by atoms with van der Waals surface area (Å²) >= 11 is 0. The number of hydrogen-bond donors (Lipinski definition) is 3. The van der Waals surface area contributed by atoms with E-state index in [0.29, 0.717) is 38.6 Å². The maximum Gasteiger partial charge on any atom is 0.328 e. The summed E-state index contributed by atoms with van der Waals surface area (Å²) < 4.78 is 5.79. The van der Waals surface area contributed by atoms with Gasteiger partial charge >= 0.3 is 5.97 Å². The van der Waals surface area contributed by atoms with Crippen LogP contribution in [0, 0.1) is 5.92 Å². The van der Waals surface area contributed by atoms with Gasteiger partial charge in [-0.1, -0.05) is 49.4 Å². The van der Waals surface area contributed by atoms with Crippen LogP contribution in [0.5, 0.6) is 0 Å². The molecule has 15 nitrogen and oxygen atoms in total. The van der Waals surface area contributed by atoms with Crippen molar-refractivity contribution in [1.29, 1.82) is 0 Å². The monoisotopic (exact) mass is 797 g/mol. The predicted octanol–water partition coefficient (Wildman–Crippen LogP) is 1.10. The summed E-state index contributed by atoms with van der Waals surface area (Å²) in [5, 5.41) is 8.49. The van der Waals surface area contributed by atoms with Crippen LogP contribution in [0.15, 0.2) is 48.5 Å². The standard InChI is InChI=1S/C43H55N7O8/c1-26-20-36-43(57)58-25-32(41(55)49-18-9-13-35(49)42(56)48-17-8-7-12-34(48)39(53)44-27(2)40(54)50(36)24-26)46-38(52)31(22-28-10-5-4-6-11-28)45-37(51)23-29-14-15-33-30(21-29)16-19-47(33)3/h4-6,10-11,14-15,21,26-27,31-32,34-36H,7-9,12-13,16-20,22-25H2,1-3H3,(H,44,53)(H,45,51)(H,46,52)/t26-,27+,31+,32+,34+,35+,36+/m1/s1. The Kier molecular flexibility index (Phi) is 12.3. The summed E-state index contributed by atoms with van der Waals surface area (Å²) in [5.74, 6) is -3.71. The fourth-order valence-electron chi connectivity index (χ4n) is 9.21. The largest absolute Gasteiger partial charge is 0.461 e. The van der Waals surface area contributed by atoms with Gasteiger partial charge in [-0.05, 0) is 80.5 Å². The zero-order chi connectivity index (χ0) is 41.1. The topological polar surface area (TPSA) is 178 Å². The molecule has 310 valence electrons. The lowest BCUT2D eigenvalue weighted by atomic mass is 9.99. The van der Waals surface area contributed by atoms with Crippen molar-refractivity contribution in [1.82, 2.24) is 30.7 Å². The number of esters is 1. The molecule has 6 amide bonds. The zero-order valence-corrected chi connectivity index (χ0v) is 33.6. The number of amides is 6. The van der Waals surface area contributed by atoms with Crippen molar-refractivity contribution in [3.63, 3.8) is 0 Å². The third-order valence-electron chi connectivity index (χ3n) is 12.3. The van der Waals surface area contributed by atoms with Crippen molar-refractivity contribution in [2.75, 3.05) is 44.7 Å². The van der Waals surface area contributed by atoms with E-state index in [0.717, 1.165) is 41.8 Å². The highest BCUT2D eigenvalue weighted by molar-refractivity contribution is 5.98. The van der Waals surface area contributed by atoms with Gasteiger partial charge < -0.3 is 40.3 Å². The molecule has 0 bridgehead atoms. The number of carbonyl (C=O) groups excluding carboxylic acids is 7. The van der Waals surface area contributed by atoms with Crippen molar-refractivity contribution in [3.8, 4) is 0 Å². The van der Waals surface area contributed by atoms with E-state index >= 15 is 0 Å². The highest BCUT2D eigenvalue weighted by Crippen LogP contribution is 2.29. The number of fused-ring (bicyclic) bond motifs is 4. The average Bonchev–Trinajstić information content (AvgIpc) is 3.96. The van der Waals surface area contributed by atoms with Crippen molar-refractivity contribution in [2.45, 2.75) is 108 Å². The molecular formula is C43H55N7O8. The van der Waals surface area contributed by atoms with Crippen molar-refractivity contribution >= 4 is 47.1 Å². The van der Waals surface area contributed by atoms with E-state index in [-0.39, 0.29) is 43.7 Å². The number of nitrogens with one attached hydrogen (secondary N) is 3. The molecule has 58 heavy (non-hydrogen) atoms. The Bertz CT molecular complexity index is 1920. The molecule has 15 heteroatoms. The van der Waals surface area contributed by atoms with Crippen LogP contribution < -0.4 is 20.9 Å². The van der Waals surface area contributed by atoms with E-state index in [4.69, 9.17) is 4.74 Å². The molecule has 7 atom stereocenters. The third-order valence-corrected chi connectivity index (χ3v) is 12.3. The van der Waals surface area contributed by atoms with E-state index < -0.39 is 72.5 Å². The number of likely N-dealkylation sites (N-methyl/N-ethyl adjacent to an activating group) is 1. The number of benzene rings is 2. The Hall–Kier alpha value is -5.47. The fraction of sp³-hybridized carbons (Fsp3) is 0.558. The summed E-state index contributed by atoms with van der Waals surface area (Å²) in [4.78, 5) is 105. The smallest absolute Gasteiger partial charge is 0.328 e. The molecule has 0 radical (unpaired) electrons. The first-order valence-electron chi connectivity index (χ1n) is 20.7. The van der Waals surface area contributed by atoms with E-state index in [1.807, 2.05) is 62.5 Å². The van der Waals surface area contributed by atoms with Gasteiger partial charge in [0.15, 0.2) is 0 Å². The number of ether oxygens (including phenoxy) is 1. The van der Waals surface area contributed by atoms with E-state index in [1.54, 1.807) is 6.92 Å². The normalized spacial score (nSPS) is 27.3. The summed E-state index contributed by atoms with van der Waals surface area (Å²) in [6.45, 7) is 4.64. The summed E-state index contributed by atoms with van der Waals surface area (Å²) in [5.41, 5.74) is 3.88. The number of piperidine rings is 1.